The van der Waals surface area contributed by atoms with E-state index in [9.17, 15) is 20.1 Å². The zero-order valence-corrected chi connectivity index (χ0v) is 30.5. The van der Waals surface area contributed by atoms with Crippen LogP contribution < -0.4 is 34.3 Å². The lowest BCUT2D eigenvalue weighted by Crippen LogP contribution is -2.69. The molecule has 1 unspecified atom stereocenters. The molecule has 4 bridgehead atoms. The summed E-state index contributed by atoms with van der Waals surface area (Å²) >= 11 is 1.56. The van der Waals surface area contributed by atoms with Crippen molar-refractivity contribution in [2.45, 2.75) is 74.8 Å². The molecule has 13 nitrogen and oxygen atoms in total. The summed E-state index contributed by atoms with van der Waals surface area (Å²) in [6.07, 6.45) is 0.0920. The average molecular weight is 734 g/mol. The van der Waals surface area contributed by atoms with Crippen LogP contribution in [0, 0.1) is 13.8 Å². The van der Waals surface area contributed by atoms with Crippen LogP contribution in [0.3, 0.4) is 0 Å². The molecular weight excluding hydrogens is 690 g/mol. The molecule has 0 aliphatic carbocycles. The van der Waals surface area contributed by atoms with Crippen molar-refractivity contribution in [3.05, 3.63) is 62.7 Å². The molecule has 0 radical (unpaired) electrons. The third-order valence-electron chi connectivity index (χ3n) is 11.8. The van der Waals surface area contributed by atoms with Crippen molar-refractivity contribution >= 4 is 17.7 Å². The Bertz CT molecular complexity index is 2010. The summed E-state index contributed by atoms with van der Waals surface area (Å²) in [5, 5.41) is 41.8. The number of piperazine rings is 1. The Hall–Kier alpha value is -4.08. The van der Waals surface area contributed by atoms with Crippen molar-refractivity contribution in [1.82, 2.24) is 15.5 Å². The minimum Gasteiger partial charge on any atom is -0.504 e. The molecule has 14 heteroatoms. The smallest absolute Gasteiger partial charge is 0.331 e. The number of phenols is 2. The normalized spacial score (nSPS) is 29.8. The number of nitrogens with zero attached hydrogens (tertiary/aromatic N) is 1. The Morgan fingerprint density at radius 1 is 1.02 bits per heavy atom. The largest absolute Gasteiger partial charge is 0.504 e. The number of ether oxygens (including phenoxy) is 6. The number of hydrogen-bond acceptors (Lipinski definition) is 14. The summed E-state index contributed by atoms with van der Waals surface area (Å²) in [7, 11) is 3.04. The molecule has 3 aromatic rings. The number of rotatable bonds is 4. The maximum absolute atomic E-state index is 14.6. The number of benzene rings is 3. The van der Waals surface area contributed by atoms with Crippen LogP contribution in [0.5, 0.6) is 40.2 Å². The molecule has 2 saturated heterocycles. The summed E-state index contributed by atoms with van der Waals surface area (Å²) in [5.74, 6) is 2.35. The van der Waals surface area contributed by atoms with Gasteiger partial charge in [0.1, 0.15) is 18.6 Å². The predicted molar refractivity (Wildman–Crippen MR) is 190 cm³/mol. The third-order valence-corrected chi connectivity index (χ3v) is 13.3. The highest BCUT2D eigenvalue weighted by molar-refractivity contribution is 7.99. The molecular formula is C38H43N3O10S. The Balaban J connectivity index is 1.30. The molecule has 0 amide bonds. The van der Waals surface area contributed by atoms with Crippen molar-refractivity contribution in [3.8, 4) is 40.2 Å². The molecule has 2 fully saturated rings. The van der Waals surface area contributed by atoms with Gasteiger partial charge in [0, 0.05) is 40.6 Å². The number of aliphatic hydroxyl groups excluding tert-OH is 1. The Kier molecular flexibility index (Phi) is 7.94. The summed E-state index contributed by atoms with van der Waals surface area (Å²) in [6.45, 7) is 6.62. The number of carbonyl (C=O) groups is 1. The van der Waals surface area contributed by atoms with Gasteiger partial charge in [-0.25, -0.2) is 4.79 Å². The lowest BCUT2D eigenvalue weighted by atomic mass is 9.74. The Morgan fingerprint density at radius 2 is 1.83 bits per heavy atom. The SMILES string of the molecule is CCOc1c(C)c2c(c3c1[C@H]1SC[C@]4(NCCc5cc(O)c(OC)cc54)C(=O)OC[C@@H]3N3C1[C@H]1N[C@@H](Cc4cc(C)c(OC)c(O)c41)[C@@H]3O)OCO2. The van der Waals surface area contributed by atoms with Gasteiger partial charge in [-0.2, -0.15) is 0 Å². The van der Waals surface area contributed by atoms with Gasteiger partial charge in [-0.1, -0.05) is 6.07 Å². The summed E-state index contributed by atoms with van der Waals surface area (Å²) in [6, 6.07) is 3.50. The number of carbonyl (C=O) groups excluding carboxylic acids is 1. The first-order valence-corrected chi connectivity index (χ1v) is 18.8. The van der Waals surface area contributed by atoms with Gasteiger partial charge in [0.25, 0.3) is 0 Å². The fourth-order valence-electron chi connectivity index (χ4n) is 9.66. The van der Waals surface area contributed by atoms with E-state index >= 15 is 0 Å². The van der Waals surface area contributed by atoms with Crippen LogP contribution in [-0.2, 0) is 27.9 Å². The number of methoxy groups -OCH3 is 2. The first kappa shape index (κ1) is 33.7. The summed E-state index contributed by atoms with van der Waals surface area (Å²) in [5.41, 5.74) is 5.21. The Labute approximate surface area is 305 Å². The van der Waals surface area contributed by atoms with E-state index in [0.29, 0.717) is 54.6 Å². The molecule has 10 rings (SSSR count). The molecule has 0 aromatic heterocycles. The maximum Gasteiger partial charge on any atom is 0.331 e. The zero-order chi connectivity index (χ0) is 36.2. The van der Waals surface area contributed by atoms with E-state index in [1.54, 1.807) is 31.0 Å². The zero-order valence-electron chi connectivity index (χ0n) is 29.7. The van der Waals surface area contributed by atoms with Crippen molar-refractivity contribution in [2.24, 2.45) is 0 Å². The number of aliphatic hydroxyl groups is 1. The molecule has 1 spiro atoms. The fourth-order valence-corrected chi connectivity index (χ4v) is 11.4. The number of fused-ring (bicyclic) bond motifs is 9. The van der Waals surface area contributed by atoms with E-state index in [-0.39, 0.29) is 42.4 Å². The van der Waals surface area contributed by atoms with Gasteiger partial charge in [-0.3, -0.25) is 10.2 Å². The second-order valence-electron chi connectivity index (χ2n) is 14.3. The second-order valence-corrected chi connectivity index (χ2v) is 15.5. The van der Waals surface area contributed by atoms with Crippen LogP contribution in [0.2, 0.25) is 0 Å². The van der Waals surface area contributed by atoms with Crippen LogP contribution in [-0.4, -0.2) is 91.0 Å². The van der Waals surface area contributed by atoms with Gasteiger partial charge in [0.05, 0.1) is 44.2 Å². The highest BCUT2D eigenvalue weighted by atomic mass is 32.2. The minimum absolute atomic E-state index is 0.00831. The molecule has 0 saturated carbocycles. The molecule has 7 aliphatic rings. The summed E-state index contributed by atoms with van der Waals surface area (Å²) < 4.78 is 36.4. The lowest BCUT2D eigenvalue weighted by molar-refractivity contribution is -0.164. The van der Waals surface area contributed by atoms with E-state index in [1.807, 2.05) is 26.8 Å². The Morgan fingerprint density at radius 3 is 2.60 bits per heavy atom. The molecule has 52 heavy (non-hydrogen) atoms. The second kappa shape index (κ2) is 12.2. The van der Waals surface area contributed by atoms with Gasteiger partial charge in [-0.05, 0) is 68.0 Å². The van der Waals surface area contributed by atoms with E-state index in [4.69, 9.17) is 28.4 Å². The van der Waals surface area contributed by atoms with Crippen LogP contribution >= 0.6 is 11.8 Å². The van der Waals surface area contributed by atoms with Gasteiger partial charge in [0.2, 0.25) is 6.79 Å². The van der Waals surface area contributed by atoms with Gasteiger partial charge in [-0.15, -0.1) is 11.8 Å². The van der Waals surface area contributed by atoms with E-state index in [1.165, 1.54) is 7.11 Å². The van der Waals surface area contributed by atoms with Crippen LogP contribution in [0.4, 0.5) is 0 Å². The highest BCUT2D eigenvalue weighted by Gasteiger charge is 2.60. The van der Waals surface area contributed by atoms with Crippen molar-refractivity contribution in [1.29, 1.82) is 0 Å². The number of hydrogen-bond donors (Lipinski definition) is 5. The molecule has 7 heterocycles. The predicted octanol–water partition coefficient (Wildman–Crippen LogP) is 3.54. The first-order valence-electron chi connectivity index (χ1n) is 17.8. The molecule has 5 N–H and O–H groups in total. The molecule has 7 atom stereocenters. The quantitative estimate of drug-likeness (QED) is 0.248. The first-order chi connectivity index (χ1) is 25.1. The fraction of sp³-hybridized carbons (Fsp3) is 0.500. The number of esters is 1. The number of aryl methyl sites for hydroxylation is 1. The lowest BCUT2D eigenvalue weighted by Gasteiger charge is -2.59. The van der Waals surface area contributed by atoms with Crippen LogP contribution in [0.25, 0.3) is 0 Å². The monoisotopic (exact) mass is 733 g/mol. The number of nitrogens with one attached hydrogen (secondary N) is 2. The highest BCUT2D eigenvalue weighted by Crippen LogP contribution is 2.63. The van der Waals surface area contributed by atoms with Gasteiger partial charge in [0.15, 0.2) is 40.0 Å². The number of phenolic OH excluding ortho intramolecular Hbond substituents is 2. The molecule has 276 valence electrons. The van der Waals surface area contributed by atoms with Gasteiger partial charge >= 0.3 is 5.97 Å². The van der Waals surface area contributed by atoms with E-state index in [2.05, 4.69) is 15.5 Å². The van der Waals surface area contributed by atoms with E-state index in [0.717, 1.165) is 38.9 Å². The van der Waals surface area contributed by atoms with Crippen molar-refractivity contribution in [2.75, 3.05) is 46.5 Å². The van der Waals surface area contributed by atoms with Crippen LogP contribution in [0.15, 0.2) is 18.2 Å². The van der Waals surface area contributed by atoms with Crippen molar-refractivity contribution < 1.29 is 48.5 Å². The van der Waals surface area contributed by atoms with Crippen LogP contribution in [0.1, 0.15) is 68.8 Å². The minimum atomic E-state index is -1.28. The average Bonchev–Trinajstić information content (AvgIpc) is 3.63. The van der Waals surface area contributed by atoms with Crippen molar-refractivity contribution in [3.63, 3.8) is 0 Å². The molecule has 3 aromatic carbocycles. The number of thioether (sulfide) groups is 1. The topological polar surface area (TPSA) is 160 Å². The van der Waals surface area contributed by atoms with E-state index < -0.39 is 41.1 Å². The standard InChI is InChI=1S/C38H43N3O10S/c1-6-48-32-17(3)33-34(51-15-50-33)26-22-13-49-37(45)38(20-12-24(46-4)23(42)11-18(20)7-8-39-38)14-52-35(27(26)32)29-28-25-19(9-16(2)31(47-5)30(25)43)10-21(40-28)36(44)41(22)29/h9,11-12,21-22,28-29,35-36,39-40,42-44H,6-8,10,13-15H2,1-5H3/t21-,22-,28-,29?,35+,36-,38+/m0/s1. The molecule has 7 aliphatic heterocycles. The van der Waals surface area contributed by atoms with Gasteiger partial charge < -0.3 is 49.1 Å². The summed E-state index contributed by atoms with van der Waals surface area (Å²) in [4.78, 5) is 16.7. The third kappa shape index (κ3) is 4.54. The number of aromatic hydroxyl groups is 2. The maximum atomic E-state index is 14.6.